The Morgan fingerprint density at radius 2 is 2.00 bits per heavy atom. The summed E-state index contributed by atoms with van der Waals surface area (Å²) in [7, 11) is 3.85. The molecule has 5 nitrogen and oxygen atoms in total. The van der Waals surface area contributed by atoms with Gasteiger partial charge >= 0.3 is 6.03 Å². The van der Waals surface area contributed by atoms with Crippen molar-refractivity contribution in [3.8, 4) is 0 Å². The molecule has 1 aromatic rings. The van der Waals surface area contributed by atoms with Crippen molar-refractivity contribution >= 4 is 17.4 Å². The monoisotopic (exact) mass is 279 g/mol. The first-order valence-electron chi connectivity index (χ1n) is 6.88. The third kappa shape index (κ3) is 4.42. The van der Waals surface area contributed by atoms with Crippen molar-refractivity contribution in [2.45, 2.75) is 32.2 Å². The molecule has 0 bridgehead atoms. The van der Waals surface area contributed by atoms with E-state index in [0.717, 1.165) is 24.2 Å². The standard InChI is InChI=1S/C15H25N3O2/c1-5-10-15(2,11-19)17-14(20)16-12-8-6-7-9-13(12)18(3)4/h6-9,19H,5,10-11H2,1-4H3,(H2,16,17,20). The third-order valence-electron chi connectivity index (χ3n) is 3.20. The molecule has 1 unspecified atom stereocenters. The SMILES string of the molecule is CCCC(C)(CO)NC(=O)Nc1ccccc1N(C)C. The van der Waals surface area contributed by atoms with Gasteiger partial charge in [0.15, 0.2) is 0 Å². The van der Waals surface area contributed by atoms with Crippen LogP contribution in [-0.4, -0.2) is 37.4 Å². The van der Waals surface area contributed by atoms with Crippen molar-refractivity contribution in [3.05, 3.63) is 24.3 Å². The second-order valence-electron chi connectivity index (χ2n) is 5.46. The number of amides is 2. The van der Waals surface area contributed by atoms with Crippen LogP contribution < -0.4 is 15.5 Å². The molecule has 0 aromatic heterocycles. The number of rotatable bonds is 6. The molecule has 2 amide bonds. The molecule has 0 spiro atoms. The number of carbonyl (C=O) groups excluding carboxylic acids is 1. The smallest absolute Gasteiger partial charge is 0.319 e. The number of para-hydroxylation sites is 2. The van der Waals surface area contributed by atoms with Crippen molar-refractivity contribution in [1.82, 2.24) is 5.32 Å². The summed E-state index contributed by atoms with van der Waals surface area (Å²) in [5.74, 6) is 0. The summed E-state index contributed by atoms with van der Waals surface area (Å²) in [5.41, 5.74) is 1.09. The van der Waals surface area contributed by atoms with Crippen LogP contribution in [0.15, 0.2) is 24.3 Å². The van der Waals surface area contributed by atoms with E-state index >= 15 is 0 Å². The topological polar surface area (TPSA) is 64.6 Å². The lowest BCUT2D eigenvalue weighted by atomic mass is 9.98. The number of hydrogen-bond donors (Lipinski definition) is 3. The molecule has 0 heterocycles. The van der Waals surface area contributed by atoms with Crippen LogP contribution in [0.5, 0.6) is 0 Å². The number of nitrogens with one attached hydrogen (secondary N) is 2. The van der Waals surface area contributed by atoms with Crippen molar-refractivity contribution < 1.29 is 9.90 Å². The molecule has 0 aliphatic heterocycles. The molecule has 1 rings (SSSR count). The Bertz CT molecular complexity index is 448. The molecule has 5 heteroatoms. The molecule has 3 N–H and O–H groups in total. The Hall–Kier alpha value is -1.75. The van der Waals surface area contributed by atoms with Crippen LogP contribution in [0.25, 0.3) is 0 Å². The van der Waals surface area contributed by atoms with Gasteiger partial charge in [0.2, 0.25) is 0 Å². The van der Waals surface area contributed by atoms with Crippen LogP contribution >= 0.6 is 0 Å². The summed E-state index contributed by atoms with van der Waals surface area (Å²) in [4.78, 5) is 14.0. The number of urea groups is 1. The van der Waals surface area contributed by atoms with Gasteiger partial charge in [-0.2, -0.15) is 0 Å². The highest BCUT2D eigenvalue weighted by molar-refractivity contribution is 5.93. The number of benzene rings is 1. The first kappa shape index (κ1) is 16.3. The maximum Gasteiger partial charge on any atom is 0.319 e. The number of aliphatic hydroxyl groups excluding tert-OH is 1. The second kappa shape index (κ2) is 7.14. The van der Waals surface area contributed by atoms with E-state index in [0.29, 0.717) is 0 Å². The zero-order valence-electron chi connectivity index (χ0n) is 12.7. The second-order valence-corrected chi connectivity index (χ2v) is 5.46. The van der Waals surface area contributed by atoms with Gasteiger partial charge in [-0.05, 0) is 25.5 Å². The Labute approximate surface area is 121 Å². The van der Waals surface area contributed by atoms with E-state index in [1.165, 1.54) is 0 Å². The fraction of sp³-hybridized carbons (Fsp3) is 0.533. The molecule has 0 aliphatic rings. The fourth-order valence-corrected chi connectivity index (χ4v) is 2.13. The number of carbonyl (C=O) groups is 1. The zero-order chi connectivity index (χ0) is 15.2. The summed E-state index contributed by atoms with van der Waals surface area (Å²) in [6.07, 6.45) is 1.62. The highest BCUT2D eigenvalue weighted by atomic mass is 16.3. The van der Waals surface area contributed by atoms with Gasteiger partial charge in [0, 0.05) is 14.1 Å². The first-order chi connectivity index (χ1) is 9.41. The van der Waals surface area contributed by atoms with E-state index in [9.17, 15) is 9.90 Å². The van der Waals surface area contributed by atoms with Gasteiger partial charge in [-0.1, -0.05) is 25.5 Å². The van der Waals surface area contributed by atoms with Crippen molar-refractivity contribution in [2.24, 2.45) is 0 Å². The average molecular weight is 279 g/mol. The summed E-state index contributed by atoms with van der Waals surface area (Å²) in [6.45, 7) is 3.78. The Balaban J connectivity index is 2.76. The summed E-state index contributed by atoms with van der Waals surface area (Å²) < 4.78 is 0. The molecular formula is C15H25N3O2. The van der Waals surface area contributed by atoms with Gasteiger partial charge in [0.1, 0.15) is 0 Å². The molecule has 0 radical (unpaired) electrons. The molecule has 0 fully saturated rings. The van der Waals surface area contributed by atoms with Crippen LogP contribution in [0.2, 0.25) is 0 Å². The van der Waals surface area contributed by atoms with Gasteiger partial charge in [0.25, 0.3) is 0 Å². The molecule has 1 atom stereocenters. The fourth-order valence-electron chi connectivity index (χ4n) is 2.13. The van der Waals surface area contributed by atoms with Gasteiger partial charge in [-0.25, -0.2) is 4.79 Å². The van der Waals surface area contributed by atoms with E-state index < -0.39 is 5.54 Å². The molecule has 0 saturated carbocycles. The first-order valence-corrected chi connectivity index (χ1v) is 6.88. The summed E-state index contributed by atoms with van der Waals surface area (Å²) in [6, 6.07) is 7.29. The Morgan fingerprint density at radius 1 is 1.35 bits per heavy atom. The maximum absolute atomic E-state index is 12.1. The predicted molar refractivity (Wildman–Crippen MR) is 83.3 cm³/mol. The lowest BCUT2D eigenvalue weighted by molar-refractivity contribution is 0.167. The van der Waals surface area contributed by atoms with Gasteiger partial charge in [-0.15, -0.1) is 0 Å². The lowest BCUT2D eigenvalue weighted by Gasteiger charge is -2.28. The Morgan fingerprint density at radius 3 is 2.55 bits per heavy atom. The summed E-state index contributed by atoms with van der Waals surface area (Å²) >= 11 is 0. The van der Waals surface area contributed by atoms with E-state index in [2.05, 4.69) is 10.6 Å². The van der Waals surface area contributed by atoms with Crippen molar-refractivity contribution in [1.29, 1.82) is 0 Å². The highest BCUT2D eigenvalue weighted by Gasteiger charge is 2.24. The maximum atomic E-state index is 12.1. The minimum absolute atomic E-state index is 0.0798. The molecule has 0 saturated heterocycles. The van der Waals surface area contributed by atoms with Gasteiger partial charge in [0.05, 0.1) is 23.5 Å². The van der Waals surface area contributed by atoms with Crippen LogP contribution in [0.3, 0.4) is 0 Å². The predicted octanol–water partition coefficient (Wildman–Crippen LogP) is 2.43. The van der Waals surface area contributed by atoms with Gasteiger partial charge in [-0.3, -0.25) is 0 Å². The number of nitrogens with zero attached hydrogens (tertiary/aromatic N) is 1. The van der Waals surface area contributed by atoms with E-state index in [4.69, 9.17) is 0 Å². The molecule has 20 heavy (non-hydrogen) atoms. The number of aliphatic hydroxyl groups is 1. The van der Waals surface area contributed by atoms with Crippen LogP contribution in [-0.2, 0) is 0 Å². The zero-order valence-corrected chi connectivity index (χ0v) is 12.7. The molecule has 112 valence electrons. The lowest BCUT2D eigenvalue weighted by Crippen LogP contribution is -2.50. The quantitative estimate of drug-likeness (QED) is 0.749. The summed E-state index contributed by atoms with van der Waals surface area (Å²) in [5, 5.41) is 15.1. The minimum atomic E-state index is -0.591. The van der Waals surface area contributed by atoms with Crippen LogP contribution in [0, 0.1) is 0 Å². The van der Waals surface area contributed by atoms with E-state index in [-0.39, 0.29) is 12.6 Å². The molecular weight excluding hydrogens is 254 g/mol. The number of anilines is 2. The van der Waals surface area contributed by atoms with E-state index in [1.54, 1.807) is 0 Å². The molecule has 1 aromatic carbocycles. The average Bonchev–Trinajstić information content (AvgIpc) is 2.39. The molecule has 0 aliphatic carbocycles. The normalized spacial score (nSPS) is 13.4. The number of hydrogen-bond acceptors (Lipinski definition) is 3. The van der Waals surface area contributed by atoms with Crippen molar-refractivity contribution in [3.63, 3.8) is 0 Å². The Kier molecular flexibility index (Phi) is 5.82. The van der Waals surface area contributed by atoms with Crippen LogP contribution in [0.1, 0.15) is 26.7 Å². The highest BCUT2D eigenvalue weighted by Crippen LogP contribution is 2.23. The van der Waals surface area contributed by atoms with Crippen LogP contribution in [0.4, 0.5) is 16.2 Å². The van der Waals surface area contributed by atoms with E-state index in [1.807, 2.05) is 57.1 Å². The van der Waals surface area contributed by atoms with Gasteiger partial charge < -0.3 is 20.6 Å². The third-order valence-corrected chi connectivity index (χ3v) is 3.20. The van der Waals surface area contributed by atoms with Crippen molar-refractivity contribution in [2.75, 3.05) is 30.9 Å². The largest absolute Gasteiger partial charge is 0.394 e. The minimum Gasteiger partial charge on any atom is -0.394 e.